The van der Waals surface area contributed by atoms with Crippen molar-refractivity contribution in [3.63, 3.8) is 0 Å². The van der Waals surface area contributed by atoms with E-state index in [1.54, 1.807) is 6.92 Å². The van der Waals surface area contributed by atoms with Gasteiger partial charge in [-0.05, 0) is 31.0 Å². The highest BCUT2D eigenvalue weighted by atomic mass is 35.5. The van der Waals surface area contributed by atoms with Crippen LogP contribution >= 0.6 is 11.6 Å². The van der Waals surface area contributed by atoms with E-state index in [1.165, 1.54) is 6.07 Å². The quantitative estimate of drug-likeness (QED) is 0.794. The van der Waals surface area contributed by atoms with E-state index in [-0.39, 0.29) is 28.5 Å². The molecular formula is C10H12ClN3O3S. The number of hydrogen-bond donors (Lipinski definition) is 1. The third kappa shape index (κ3) is 3.17. The molecule has 0 bridgehead atoms. The third-order valence-corrected chi connectivity index (χ3v) is 4.56. The Bertz CT molecular complexity index is 568. The molecule has 0 aliphatic carbocycles. The summed E-state index contributed by atoms with van der Waals surface area (Å²) in [7, 11) is -3.01. The molecule has 2 heterocycles. The maximum absolute atomic E-state index is 11.9. The first kappa shape index (κ1) is 13.2. The average Bonchev–Trinajstić information content (AvgIpc) is 2.56. The second-order valence-corrected chi connectivity index (χ2v) is 6.80. The number of halogens is 1. The summed E-state index contributed by atoms with van der Waals surface area (Å²) in [5, 5.41) is 2.64. The number of nitrogens with one attached hydrogen (secondary N) is 1. The number of hydrogen-bond acceptors (Lipinski definition) is 5. The normalized spacial score (nSPS) is 21.8. The van der Waals surface area contributed by atoms with Gasteiger partial charge in [-0.15, -0.1) is 0 Å². The second-order valence-electron chi connectivity index (χ2n) is 4.24. The fourth-order valence-corrected chi connectivity index (χ4v) is 3.71. The summed E-state index contributed by atoms with van der Waals surface area (Å²) in [4.78, 5) is 19.5. The van der Waals surface area contributed by atoms with Crippen molar-refractivity contribution in [2.75, 3.05) is 11.5 Å². The lowest BCUT2D eigenvalue weighted by molar-refractivity contribution is 0.0936. The van der Waals surface area contributed by atoms with Gasteiger partial charge in [-0.3, -0.25) is 4.79 Å². The van der Waals surface area contributed by atoms with Gasteiger partial charge in [0.1, 0.15) is 5.69 Å². The number of nitrogens with zero attached hydrogens (tertiary/aromatic N) is 2. The molecule has 0 aromatic carbocycles. The molecule has 0 spiro atoms. The Hall–Kier alpha value is -1.21. The number of aromatic nitrogens is 2. The van der Waals surface area contributed by atoms with Crippen LogP contribution in [0.25, 0.3) is 0 Å². The number of aryl methyl sites for hydroxylation is 1. The zero-order chi connectivity index (χ0) is 13.3. The van der Waals surface area contributed by atoms with Gasteiger partial charge in [0.25, 0.3) is 5.91 Å². The third-order valence-electron chi connectivity index (χ3n) is 2.63. The molecule has 1 aromatic rings. The van der Waals surface area contributed by atoms with Crippen molar-refractivity contribution in [1.82, 2.24) is 15.3 Å². The van der Waals surface area contributed by atoms with Gasteiger partial charge in [-0.25, -0.2) is 18.4 Å². The van der Waals surface area contributed by atoms with Crippen LogP contribution in [0.15, 0.2) is 6.07 Å². The van der Waals surface area contributed by atoms with Crippen LogP contribution in [0.2, 0.25) is 5.28 Å². The minimum absolute atomic E-state index is 0.000747. The smallest absolute Gasteiger partial charge is 0.270 e. The zero-order valence-corrected chi connectivity index (χ0v) is 11.3. The summed E-state index contributed by atoms with van der Waals surface area (Å²) >= 11 is 5.66. The summed E-state index contributed by atoms with van der Waals surface area (Å²) < 4.78 is 22.5. The predicted octanol–water partition coefficient (Wildman–Crippen LogP) is 0.355. The van der Waals surface area contributed by atoms with Gasteiger partial charge >= 0.3 is 0 Å². The molecule has 1 fully saturated rings. The largest absolute Gasteiger partial charge is 0.347 e. The Morgan fingerprint density at radius 1 is 1.50 bits per heavy atom. The molecule has 1 saturated heterocycles. The van der Waals surface area contributed by atoms with Gasteiger partial charge in [0.05, 0.1) is 11.5 Å². The molecule has 8 heteroatoms. The van der Waals surface area contributed by atoms with Crippen LogP contribution in [0, 0.1) is 6.92 Å². The molecule has 1 N–H and O–H groups in total. The molecule has 1 aromatic heterocycles. The standard InChI is InChI=1S/C10H12ClN3O3S/c1-6-4-8(14-10(11)12-6)9(15)13-7-2-3-18(16,17)5-7/h4,7H,2-3,5H2,1H3,(H,13,15). The number of carbonyl (C=O) groups excluding carboxylic acids is 1. The van der Waals surface area contributed by atoms with Gasteiger partial charge in [0, 0.05) is 11.7 Å². The molecule has 1 atom stereocenters. The van der Waals surface area contributed by atoms with E-state index in [0.29, 0.717) is 12.1 Å². The first-order valence-electron chi connectivity index (χ1n) is 5.38. The second kappa shape index (κ2) is 4.81. The maximum atomic E-state index is 11.9. The summed E-state index contributed by atoms with van der Waals surface area (Å²) in [6.07, 6.45) is 0.436. The first-order chi connectivity index (χ1) is 8.35. The van der Waals surface area contributed by atoms with E-state index < -0.39 is 15.7 Å². The molecule has 1 aliphatic rings. The SMILES string of the molecule is Cc1cc(C(=O)NC2CCS(=O)(=O)C2)nc(Cl)n1. The average molecular weight is 290 g/mol. The lowest BCUT2D eigenvalue weighted by Gasteiger charge is -2.10. The van der Waals surface area contributed by atoms with Gasteiger partial charge in [-0.2, -0.15) is 0 Å². The Labute approximate surface area is 110 Å². The minimum atomic E-state index is -3.01. The van der Waals surface area contributed by atoms with Crippen LogP contribution in [-0.4, -0.2) is 41.8 Å². The summed E-state index contributed by atoms with van der Waals surface area (Å²) in [5.74, 6) is -0.331. The van der Waals surface area contributed by atoms with E-state index in [0.717, 1.165) is 0 Å². The highest BCUT2D eigenvalue weighted by Crippen LogP contribution is 2.12. The Balaban J connectivity index is 2.08. The minimum Gasteiger partial charge on any atom is -0.347 e. The lowest BCUT2D eigenvalue weighted by Crippen LogP contribution is -2.36. The van der Waals surface area contributed by atoms with E-state index in [4.69, 9.17) is 11.6 Å². The van der Waals surface area contributed by atoms with Gasteiger partial charge < -0.3 is 5.32 Å². The molecule has 1 unspecified atom stereocenters. The molecule has 98 valence electrons. The Morgan fingerprint density at radius 3 is 2.78 bits per heavy atom. The number of rotatable bonds is 2. The number of carbonyl (C=O) groups is 1. The molecular weight excluding hydrogens is 278 g/mol. The molecule has 0 saturated carbocycles. The monoisotopic (exact) mass is 289 g/mol. The lowest BCUT2D eigenvalue weighted by atomic mass is 10.2. The van der Waals surface area contributed by atoms with Crippen LogP contribution in [0.5, 0.6) is 0 Å². The van der Waals surface area contributed by atoms with E-state index >= 15 is 0 Å². The number of amides is 1. The fourth-order valence-electron chi connectivity index (χ4n) is 1.82. The van der Waals surface area contributed by atoms with Crippen molar-refractivity contribution in [3.05, 3.63) is 22.7 Å². The van der Waals surface area contributed by atoms with Crippen LogP contribution in [0.3, 0.4) is 0 Å². The summed E-state index contributed by atoms with van der Waals surface area (Å²) in [6, 6.07) is 1.15. The highest BCUT2D eigenvalue weighted by Gasteiger charge is 2.29. The van der Waals surface area contributed by atoms with Crippen molar-refractivity contribution >= 4 is 27.3 Å². The van der Waals surface area contributed by atoms with Crippen LogP contribution in [0.4, 0.5) is 0 Å². The zero-order valence-electron chi connectivity index (χ0n) is 9.68. The topological polar surface area (TPSA) is 89.0 Å². The molecule has 1 aliphatic heterocycles. The van der Waals surface area contributed by atoms with Crippen molar-refractivity contribution in [3.8, 4) is 0 Å². The van der Waals surface area contributed by atoms with Gasteiger partial charge in [0.15, 0.2) is 9.84 Å². The fraction of sp³-hybridized carbons (Fsp3) is 0.500. The molecule has 6 nitrogen and oxygen atoms in total. The maximum Gasteiger partial charge on any atom is 0.270 e. The Morgan fingerprint density at radius 2 is 2.22 bits per heavy atom. The van der Waals surface area contributed by atoms with Crippen molar-refractivity contribution in [1.29, 1.82) is 0 Å². The van der Waals surface area contributed by atoms with E-state index in [1.807, 2.05) is 0 Å². The van der Waals surface area contributed by atoms with E-state index in [2.05, 4.69) is 15.3 Å². The van der Waals surface area contributed by atoms with Crippen LogP contribution in [-0.2, 0) is 9.84 Å². The van der Waals surface area contributed by atoms with E-state index in [9.17, 15) is 13.2 Å². The van der Waals surface area contributed by atoms with Crippen LogP contribution in [0.1, 0.15) is 22.6 Å². The van der Waals surface area contributed by atoms with Crippen molar-refractivity contribution < 1.29 is 13.2 Å². The summed E-state index contributed by atoms with van der Waals surface area (Å²) in [5.41, 5.74) is 0.732. The number of sulfone groups is 1. The van der Waals surface area contributed by atoms with Crippen molar-refractivity contribution in [2.45, 2.75) is 19.4 Å². The molecule has 1 amide bonds. The Kier molecular flexibility index (Phi) is 3.54. The molecule has 0 radical (unpaired) electrons. The van der Waals surface area contributed by atoms with Gasteiger partial charge in [-0.1, -0.05) is 0 Å². The summed E-state index contributed by atoms with van der Waals surface area (Å²) in [6.45, 7) is 1.70. The first-order valence-corrected chi connectivity index (χ1v) is 7.58. The van der Waals surface area contributed by atoms with Crippen LogP contribution < -0.4 is 5.32 Å². The van der Waals surface area contributed by atoms with Gasteiger partial charge in [0.2, 0.25) is 5.28 Å². The predicted molar refractivity (Wildman–Crippen MR) is 66.3 cm³/mol. The van der Waals surface area contributed by atoms with Crippen molar-refractivity contribution in [2.24, 2.45) is 0 Å². The molecule has 2 rings (SSSR count). The highest BCUT2D eigenvalue weighted by molar-refractivity contribution is 7.91. The molecule has 18 heavy (non-hydrogen) atoms.